The van der Waals surface area contributed by atoms with Gasteiger partial charge in [0.15, 0.2) is 5.78 Å². The summed E-state index contributed by atoms with van der Waals surface area (Å²) in [6.07, 6.45) is 1.69. The number of benzene rings is 1. The van der Waals surface area contributed by atoms with E-state index in [0.29, 0.717) is 30.5 Å². The van der Waals surface area contributed by atoms with Crippen molar-refractivity contribution >= 4 is 23.4 Å². The van der Waals surface area contributed by atoms with Gasteiger partial charge in [-0.2, -0.15) is 0 Å². The van der Waals surface area contributed by atoms with Gasteiger partial charge in [0, 0.05) is 18.2 Å². The number of hydrogen-bond acceptors (Lipinski definition) is 7. The number of nitrogens with two attached hydrogens (primary N) is 1. The summed E-state index contributed by atoms with van der Waals surface area (Å²) in [4.78, 5) is 22.0. The molecule has 0 bridgehead atoms. The number of halogens is 1. The lowest BCUT2D eigenvalue weighted by Gasteiger charge is -2.61. The fourth-order valence-corrected chi connectivity index (χ4v) is 5.25. The Morgan fingerprint density at radius 3 is 2.61 bits per heavy atom. The molecule has 0 amide bonds. The van der Waals surface area contributed by atoms with Crippen molar-refractivity contribution in [3.05, 3.63) is 57.9 Å². The van der Waals surface area contributed by atoms with Gasteiger partial charge in [0.2, 0.25) is 0 Å². The molecule has 1 unspecified atom stereocenters. The van der Waals surface area contributed by atoms with Crippen LogP contribution in [0.15, 0.2) is 35.5 Å². The molecular weight excluding hydrogens is 418 g/mol. The number of ether oxygens (including phenoxy) is 3. The van der Waals surface area contributed by atoms with E-state index in [2.05, 4.69) is 18.8 Å². The quantitative estimate of drug-likeness (QED) is 0.735. The molecule has 1 atom stereocenters. The molecule has 2 aromatic rings. The third kappa shape index (κ3) is 2.79. The highest BCUT2D eigenvalue weighted by Gasteiger charge is 2.71. The Morgan fingerprint density at radius 2 is 2.00 bits per heavy atom. The summed E-state index contributed by atoms with van der Waals surface area (Å²) in [6, 6.07) is 7.70. The average Bonchev–Trinajstić information content (AvgIpc) is 3.03. The molecule has 2 spiro atoms. The lowest BCUT2D eigenvalue weighted by molar-refractivity contribution is -0.247. The lowest BCUT2D eigenvalue weighted by atomic mass is 9.55. The molecule has 3 aliphatic rings. The number of aromatic nitrogens is 1. The van der Waals surface area contributed by atoms with Crippen molar-refractivity contribution in [3.63, 3.8) is 0 Å². The zero-order chi connectivity index (χ0) is 22.0. The maximum absolute atomic E-state index is 12.9. The van der Waals surface area contributed by atoms with Crippen molar-refractivity contribution in [1.29, 1.82) is 0 Å². The minimum Gasteiger partial charge on any atom is -0.487 e. The highest BCUT2D eigenvalue weighted by molar-refractivity contribution is 6.30. The molecule has 8 heteroatoms. The number of nitrogens with zero attached hydrogens (tertiary/aromatic N) is 2. The third-order valence-electron chi connectivity index (χ3n) is 6.90. The Labute approximate surface area is 185 Å². The number of aryl methyl sites for hydroxylation is 1. The van der Waals surface area contributed by atoms with Crippen molar-refractivity contribution in [1.82, 2.24) is 4.98 Å². The number of carbonyl (C=O) groups excluding carboxylic acids is 1. The molecule has 0 saturated carbocycles. The van der Waals surface area contributed by atoms with Crippen LogP contribution < -0.4 is 10.5 Å². The van der Waals surface area contributed by atoms with Gasteiger partial charge >= 0.3 is 0 Å². The summed E-state index contributed by atoms with van der Waals surface area (Å²) in [5, 5.41) is 0.509. The normalized spacial score (nSPS) is 24.7. The topological polar surface area (TPSA) is 96.0 Å². The molecule has 3 aliphatic heterocycles. The first kappa shape index (κ1) is 20.3. The summed E-state index contributed by atoms with van der Waals surface area (Å²) >= 11 is 5.98. The number of pyridine rings is 1. The van der Waals surface area contributed by atoms with Gasteiger partial charge in [0.05, 0.1) is 23.7 Å². The number of aliphatic imine (C=N–C) groups is 1. The monoisotopic (exact) mass is 441 g/mol. The molecule has 1 aromatic heterocycles. The Kier molecular flexibility index (Phi) is 4.37. The number of rotatable bonds is 3. The fourth-order valence-electron chi connectivity index (χ4n) is 5.04. The Bertz CT molecular complexity index is 1130. The first-order valence-electron chi connectivity index (χ1n) is 10.2. The standard InChI is InChI=1S/C23H24ClN3O4/c1-13-6-15(24)9-26-19(13)17(28)8-14-4-5-18-16(7-14)23(12-30-20(25)27-23)22(10-29-11-22)21(2,3)31-18/h4-7,9H,8,10-12H2,1-3H3,(H2,25,27). The van der Waals surface area contributed by atoms with Gasteiger partial charge < -0.3 is 19.9 Å². The van der Waals surface area contributed by atoms with Crippen LogP contribution in [-0.4, -0.2) is 42.2 Å². The van der Waals surface area contributed by atoms with E-state index in [9.17, 15) is 4.79 Å². The number of hydrogen-bond donors (Lipinski definition) is 1. The molecule has 0 aliphatic carbocycles. The molecule has 7 nitrogen and oxygen atoms in total. The molecule has 31 heavy (non-hydrogen) atoms. The van der Waals surface area contributed by atoms with Crippen LogP contribution in [0.5, 0.6) is 5.75 Å². The van der Waals surface area contributed by atoms with Crippen LogP contribution in [0.4, 0.5) is 0 Å². The predicted octanol–water partition coefficient (Wildman–Crippen LogP) is 3.20. The predicted molar refractivity (Wildman–Crippen MR) is 116 cm³/mol. The minimum absolute atomic E-state index is 0.0763. The highest BCUT2D eigenvalue weighted by atomic mass is 35.5. The van der Waals surface area contributed by atoms with Crippen LogP contribution in [0.2, 0.25) is 5.02 Å². The van der Waals surface area contributed by atoms with Crippen LogP contribution in [0, 0.1) is 12.3 Å². The number of ketones is 1. The Morgan fingerprint density at radius 1 is 1.23 bits per heavy atom. The van der Waals surface area contributed by atoms with Crippen molar-refractivity contribution < 1.29 is 19.0 Å². The zero-order valence-corrected chi connectivity index (χ0v) is 18.5. The summed E-state index contributed by atoms with van der Waals surface area (Å²) in [5.74, 6) is 0.647. The largest absolute Gasteiger partial charge is 0.487 e. The van der Waals surface area contributed by atoms with Gasteiger partial charge in [-0.3, -0.25) is 9.78 Å². The molecular formula is C23H24ClN3O4. The van der Waals surface area contributed by atoms with E-state index in [-0.39, 0.29) is 18.2 Å². The van der Waals surface area contributed by atoms with Crippen LogP contribution in [0.25, 0.3) is 0 Å². The van der Waals surface area contributed by atoms with E-state index in [1.165, 1.54) is 6.20 Å². The number of amidine groups is 1. The summed E-state index contributed by atoms with van der Waals surface area (Å²) in [7, 11) is 0. The van der Waals surface area contributed by atoms with Gasteiger partial charge in [0.25, 0.3) is 6.02 Å². The highest BCUT2D eigenvalue weighted by Crippen LogP contribution is 2.62. The van der Waals surface area contributed by atoms with Crippen LogP contribution >= 0.6 is 11.6 Å². The molecule has 162 valence electrons. The van der Waals surface area contributed by atoms with E-state index in [4.69, 9.17) is 36.5 Å². The number of carbonyl (C=O) groups is 1. The average molecular weight is 442 g/mol. The summed E-state index contributed by atoms with van der Waals surface area (Å²) in [5.41, 5.74) is 7.22. The SMILES string of the molecule is Cc1cc(Cl)cnc1C(=O)Cc1ccc2c(c1)C1(COC(N)=N1)C1(COC1)C(C)(C)O2. The van der Waals surface area contributed by atoms with Gasteiger partial charge in [-0.25, -0.2) is 4.99 Å². The summed E-state index contributed by atoms with van der Waals surface area (Å²) in [6.45, 7) is 7.25. The smallest absolute Gasteiger partial charge is 0.283 e. The molecule has 1 fully saturated rings. The van der Waals surface area contributed by atoms with Gasteiger partial charge in [-0.1, -0.05) is 17.7 Å². The van der Waals surface area contributed by atoms with E-state index in [1.807, 2.05) is 25.1 Å². The molecule has 4 heterocycles. The van der Waals surface area contributed by atoms with Crippen molar-refractivity contribution in [2.24, 2.45) is 16.1 Å². The van der Waals surface area contributed by atoms with Gasteiger partial charge in [-0.05, 0) is 50.1 Å². The van der Waals surface area contributed by atoms with Crippen LogP contribution in [0.3, 0.4) is 0 Å². The van der Waals surface area contributed by atoms with E-state index >= 15 is 0 Å². The molecule has 5 rings (SSSR count). The van der Waals surface area contributed by atoms with Crippen LogP contribution in [-0.2, 0) is 21.4 Å². The zero-order valence-electron chi connectivity index (χ0n) is 17.7. The maximum Gasteiger partial charge on any atom is 0.283 e. The second kappa shape index (κ2) is 6.68. The number of Topliss-reactive ketones (excluding diaryl/α,β-unsaturated/α-hetero) is 1. The van der Waals surface area contributed by atoms with Crippen molar-refractivity contribution in [3.8, 4) is 5.75 Å². The van der Waals surface area contributed by atoms with E-state index < -0.39 is 16.6 Å². The number of fused-ring (bicyclic) bond motifs is 3. The Balaban J connectivity index is 1.56. The van der Waals surface area contributed by atoms with Crippen molar-refractivity contribution in [2.75, 3.05) is 19.8 Å². The third-order valence-corrected chi connectivity index (χ3v) is 7.11. The molecule has 2 N–H and O–H groups in total. The Hall–Kier alpha value is -2.64. The van der Waals surface area contributed by atoms with Gasteiger partial charge in [-0.15, -0.1) is 0 Å². The van der Waals surface area contributed by atoms with Crippen molar-refractivity contribution in [2.45, 2.75) is 38.3 Å². The second-order valence-corrected chi connectivity index (χ2v) is 9.47. The first-order valence-corrected chi connectivity index (χ1v) is 10.6. The maximum atomic E-state index is 12.9. The fraction of sp³-hybridized carbons (Fsp3) is 0.435. The van der Waals surface area contributed by atoms with Crippen LogP contribution in [0.1, 0.15) is 41.0 Å². The first-order chi connectivity index (χ1) is 14.7. The molecule has 1 aromatic carbocycles. The molecule has 0 radical (unpaired) electrons. The minimum atomic E-state index is -0.722. The van der Waals surface area contributed by atoms with E-state index in [1.54, 1.807) is 6.07 Å². The van der Waals surface area contributed by atoms with E-state index in [0.717, 1.165) is 22.4 Å². The lowest BCUT2D eigenvalue weighted by Crippen LogP contribution is -2.71. The molecule has 1 saturated heterocycles. The summed E-state index contributed by atoms with van der Waals surface area (Å²) < 4.78 is 17.7. The van der Waals surface area contributed by atoms with Gasteiger partial charge in [0.1, 0.15) is 29.2 Å². The second-order valence-electron chi connectivity index (χ2n) is 9.04.